The molecule has 0 spiro atoms. The first-order valence-electron chi connectivity index (χ1n) is 6.29. The molecule has 0 atom stereocenters. The molecule has 1 aromatic rings. The molecule has 0 aliphatic rings. The van der Waals surface area contributed by atoms with Gasteiger partial charge in [-0.2, -0.15) is 0 Å². The van der Waals surface area contributed by atoms with Crippen molar-refractivity contribution < 1.29 is 14.6 Å². The van der Waals surface area contributed by atoms with Crippen molar-refractivity contribution in [2.75, 3.05) is 20.3 Å². The minimum absolute atomic E-state index is 0.528. The summed E-state index contributed by atoms with van der Waals surface area (Å²) in [5.41, 5.74) is 0.350. The van der Waals surface area contributed by atoms with Gasteiger partial charge in [0, 0.05) is 13.1 Å². The average molecular weight is 332 g/mol. The van der Waals surface area contributed by atoms with Gasteiger partial charge in [-0.1, -0.05) is 0 Å². The third-order valence-corrected chi connectivity index (χ3v) is 3.05. The molecule has 0 bridgehead atoms. The van der Waals surface area contributed by atoms with Gasteiger partial charge in [0.2, 0.25) is 0 Å². The number of hydrogen-bond acceptors (Lipinski definition) is 4. The van der Waals surface area contributed by atoms with Crippen LogP contribution in [0.3, 0.4) is 0 Å². The summed E-state index contributed by atoms with van der Waals surface area (Å²) in [6.07, 6.45) is 0. The van der Waals surface area contributed by atoms with Crippen molar-refractivity contribution in [3.63, 3.8) is 0 Å². The van der Waals surface area contributed by atoms with Crippen molar-refractivity contribution in [3.8, 4) is 11.5 Å². The van der Waals surface area contributed by atoms with Crippen LogP contribution in [0, 0.1) is 0 Å². The number of ether oxygens (including phenoxy) is 2. The van der Waals surface area contributed by atoms with E-state index < -0.39 is 5.60 Å². The second-order valence-electron chi connectivity index (χ2n) is 4.96. The molecule has 19 heavy (non-hydrogen) atoms. The van der Waals surface area contributed by atoms with Crippen LogP contribution in [0.25, 0.3) is 0 Å². The highest BCUT2D eigenvalue weighted by molar-refractivity contribution is 9.10. The standard InChI is InChI=1S/C14H22BrNO3/c1-5-19-13-11(15)6-10(7-12(13)18-4)8-16-9-14(2,3)17/h6-7,16-17H,5,8-9H2,1-4H3. The summed E-state index contributed by atoms with van der Waals surface area (Å²) in [7, 11) is 1.62. The molecule has 4 nitrogen and oxygen atoms in total. The van der Waals surface area contributed by atoms with E-state index in [1.807, 2.05) is 19.1 Å². The fraction of sp³-hybridized carbons (Fsp3) is 0.571. The Balaban J connectivity index is 2.78. The fourth-order valence-electron chi connectivity index (χ4n) is 1.67. The van der Waals surface area contributed by atoms with E-state index >= 15 is 0 Å². The van der Waals surface area contributed by atoms with Gasteiger partial charge in [-0.3, -0.25) is 0 Å². The molecular weight excluding hydrogens is 310 g/mol. The number of methoxy groups -OCH3 is 1. The lowest BCUT2D eigenvalue weighted by Gasteiger charge is -2.18. The number of aliphatic hydroxyl groups is 1. The zero-order chi connectivity index (χ0) is 14.5. The normalized spacial score (nSPS) is 11.5. The van der Waals surface area contributed by atoms with Gasteiger partial charge in [-0.05, 0) is 54.4 Å². The molecule has 0 aliphatic heterocycles. The summed E-state index contributed by atoms with van der Waals surface area (Å²) in [5, 5.41) is 12.9. The van der Waals surface area contributed by atoms with E-state index in [-0.39, 0.29) is 0 Å². The highest BCUT2D eigenvalue weighted by atomic mass is 79.9. The maximum Gasteiger partial charge on any atom is 0.175 e. The van der Waals surface area contributed by atoms with Gasteiger partial charge in [0.05, 0.1) is 23.8 Å². The van der Waals surface area contributed by atoms with Crippen molar-refractivity contribution in [3.05, 3.63) is 22.2 Å². The van der Waals surface area contributed by atoms with Crippen LogP contribution < -0.4 is 14.8 Å². The van der Waals surface area contributed by atoms with Crippen LogP contribution in [-0.2, 0) is 6.54 Å². The molecule has 108 valence electrons. The van der Waals surface area contributed by atoms with Crippen LogP contribution in [0.4, 0.5) is 0 Å². The largest absolute Gasteiger partial charge is 0.493 e. The lowest BCUT2D eigenvalue weighted by Crippen LogP contribution is -2.34. The summed E-state index contributed by atoms with van der Waals surface area (Å²) in [6, 6.07) is 3.93. The third-order valence-electron chi connectivity index (χ3n) is 2.46. The topological polar surface area (TPSA) is 50.7 Å². The molecule has 0 amide bonds. The molecule has 0 saturated heterocycles. The number of benzene rings is 1. The Morgan fingerprint density at radius 1 is 1.37 bits per heavy atom. The first kappa shape index (κ1) is 16.3. The maximum atomic E-state index is 9.65. The Hall–Kier alpha value is -0.780. The summed E-state index contributed by atoms with van der Waals surface area (Å²) in [5.74, 6) is 1.42. The Kier molecular flexibility index (Phi) is 6.10. The molecule has 0 unspecified atom stereocenters. The van der Waals surface area contributed by atoms with Gasteiger partial charge in [0.25, 0.3) is 0 Å². The quantitative estimate of drug-likeness (QED) is 0.806. The Morgan fingerprint density at radius 3 is 2.58 bits per heavy atom. The van der Waals surface area contributed by atoms with Crippen molar-refractivity contribution in [2.24, 2.45) is 0 Å². The van der Waals surface area contributed by atoms with Crippen LogP contribution in [0.1, 0.15) is 26.3 Å². The molecule has 0 aliphatic carbocycles. The van der Waals surface area contributed by atoms with Gasteiger partial charge in [0.15, 0.2) is 11.5 Å². The van der Waals surface area contributed by atoms with E-state index in [2.05, 4.69) is 21.2 Å². The highest BCUT2D eigenvalue weighted by Gasteiger charge is 2.13. The van der Waals surface area contributed by atoms with Crippen LogP contribution in [0.5, 0.6) is 11.5 Å². The van der Waals surface area contributed by atoms with Crippen LogP contribution in [-0.4, -0.2) is 31.0 Å². The second-order valence-corrected chi connectivity index (χ2v) is 5.81. The molecule has 1 aromatic carbocycles. The molecule has 0 aromatic heterocycles. The van der Waals surface area contributed by atoms with Crippen molar-refractivity contribution >= 4 is 15.9 Å². The van der Waals surface area contributed by atoms with E-state index in [9.17, 15) is 5.11 Å². The molecule has 2 N–H and O–H groups in total. The first-order valence-corrected chi connectivity index (χ1v) is 7.09. The number of nitrogens with one attached hydrogen (secondary N) is 1. The van der Waals surface area contributed by atoms with E-state index in [4.69, 9.17) is 9.47 Å². The monoisotopic (exact) mass is 331 g/mol. The predicted octanol–water partition coefficient (Wildman–Crippen LogP) is 2.72. The van der Waals surface area contributed by atoms with Crippen LogP contribution in [0.2, 0.25) is 0 Å². The number of halogens is 1. The second kappa shape index (κ2) is 7.12. The summed E-state index contributed by atoms with van der Waals surface area (Å²) >= 11 is 3.49. The zero-order valence-corrected chi connectivity index (χ0v) is 13.5. The summed E-state index contributed by atoms with van der Waals surface area (Å²) < 4.78 is 11.7. The molecule has 0 radical (unpaired) electrons. The fourth-order valence-corrected chi connectivity index (χ4v) is 2.28. The first-order chi connectivity index (χ1) is 8.87. The summed E-state index contributed by atoms with van der Waals surface area (Å²) in [6.45, 7) is 7.25. The van der Waals surface area contributed by atoms with Gasteiger partial charge >= 0.3 is 0 Å². The smallest absolute Gasteiger partial charge is 0.175 e. The zero-order valence-electron chi connectivity index (χ0n) is 11.9. The predicted molar refractivity (Wildman–Crippen MR) is 79.9 cm³/mol. The minimum atomic E-state index is -0.716. The minimum Gasteiger partial charge on any atom is -0.493 e. The molecule has 0 heterocycles. The molecular formula is C14H22BrNO3. The lowest BCUT2D eigenvalue weighted by atomic mass is 10.1. The molecule has 5 heteroatoms. The van der Waals surface area contributed by atoms with Crippen LogP contribution >= 0.6 is 15.9 Å². The van der Waals surface area contributed by atoms with Crippen molar-refractivity contribution in [2.45, 2.75) is 32.9 Å². The number of rotatable bonds is 7. The highest BCUT2D eigenvalue weighted by Crippen LogP contribution is 2.36. The van der Waals surface area contributed by atoms with E-state index in [0.29, 0.717) is 25.4 Å². The lowest BCUT2D eigenvalue weighted by molar-refractivity contribution is 0.0795. The van der Waals surface area contributed by atoms with Gasteiger partial charge in [-0.25, -0.2) is 0 Å². The molecule has 0 saturated carbocycles. The third kappa shape index (κ3) is 5.38. The average Bonchev–Trinajstić information content (AvgIpc) is 2.30. The Labute approximate surface area is 123 Å². The number of hydrogen-bond donors (Lipinski definition) is 2. The molecule has 0 fully saturated rings. The van der Waals surface area contributed by atoms with Gasteiger partial charge in [0.1, 0.15) is 0 Å². The van der Waals surface area contributed by atoms with E-state index in [1.54, 1.807) is 21.0 Å². The van der Waals surface area contributed by atoms with E-state index in [0.717, 1.165) is 15.8 Å². The molecule has 1 rings (SSSR count). The van der Waals surface area contributed by atoms with Gasteiger partial charge < -0.3 is 19.9 Å². The van der Waals surface area contributed by atoms with Gasteiger partial charge in [-0.15, -0.1) is 0 Å². The summed E-state index contributed by atoms with van der Waals surface area (Å²) in [4.78, 5) is 0. The SMILES string of the molecule is CCOc1c(Br)cc(CNCC(C)(C)O)cc1OC. The van der Waals surface area contributed by atoms with Crippen molar-refractivity contribution in [1.29, 1.82) is 0 Å². The van der Waals surface area contributed by atoms with Crippen molar-refractivity contribution in [1.82, 2.24) is 5.32 Å². The maximum absolute atomic E-state index is 9.65. The Bertz CT molecular complexity index is 416. The van der Waals surface area contributed by atoms with Crippen LogP contribution in [0.15, 0.2) is 16.6 Å². The van der Waals surface area contributed by atoms with E-state index in [1.165, 1.54) is 0 Å². The Morgan fingerprint density at radius 2 is 2.05 bits per heavy atom.